The lowest BCUT2D eigenvalue weighted by atomic mass is 9.82. The number of hydroxylamine groups is 2. The topological polar surface area (TPSA) is 129 Å². The molecule has 33 heavy (non-hydrogen) atoms. The zero-order valence-electron chi connectivity index (χ0n) is 20.4. The molecule has 1 atom stereocenters. The number of carbonyl (C=O) groups is 4. The summed E-state index contributed by atoms with van der Waals surface area (Å²) in [6, 6.07) is 0. The molecule has 188 valence electrons. The minimum absolute atomic E-state index is 0.0463. The van der Waals surface area contributed by atoms with Crippen LogP contribution in [0.5, 0.6) is 0 Å². The molecule has 0 saturated heterocycles. The number of ether oxygens (including phenoxy) is 2. The van der Waals surface area contributed by atoms with E-state index in [0.29, 0.717) is 19.0 Å². The van der Waals surface area contributed by atoms with E-state index in [1.165, 1.54) is 13.8 Å². The molecule has 0 aromatic carbocycles. The first-order valence-corrected chi connectivity index (χ1v) is 10.8. The van der Waals surface area contributed by atoms with Crippen LogP contribution in [0.3, 0.4) is 0 Å². The predicted octanol–water partition coefficient (Wildman–Crippen LogP) is 2.54. The van der Waals surface area contributed by atoms with Gasteiger partial charge in [-0.1, -0.05) is 33.9 Å². The number of rotatable bonds is 17. The van der Waals surface area contributed by atoms with Gasteiger partial charge in [0.2, 0.25) is 0 Å². The molecule has 0 rings (SSSR count). The first-order valence-electron chi connectivity index (χ1n) is 10.8. The summed E-state index contributed by atoms with van der Waals surface area (Å²) < 4.78 is 9.68. The lowest BCUT2D eigenvalue weighted by Crippen LogP contribution is -2.33. The Morgan fingerprint density at radius 2 is 1.30 bits per heavy atom. The fourth-order valence-electron chi connectivity index (χ4n) is 2.67. The number of esters is 2. The van der Waals surface area contributed by atoms with Crippen molar-refractivity contribution in [3.63, 3.8) is 0 Å². The SMILES string of the molecule is C=C(C)C(=O)OCCC(=O)ONCCC(C)CC(C)(C)CNOC(=O)CCOC(=O)C(=C)C. The lowest BCUT2D eigenvalue weighted by Gasteiger charge is -2.28. The van der Waals surface area contributed by atoms with Gasteiger partial charge in [-0.2, -0.15) is 11.0 Å². The Balaban J connectivity index is 3.93. The third-order valence-electron chi connectivity index (χ3n) is 4.34. The summed E-state index contributed by atoms with van der Waals surface area (Å²) in [4.78, 5) is 55.6. The first-order chi connectivity index (χ1) is 15.3. The van der Waals surface area contributed by atoms with Crippen molar-refractivity contribution >= 4 is 23.9 Å². The summed E-state index contributed by atoms with van der Waals surface area (Å²) in [5.74, 6) is -1.81. The van der Waals surface area contributed by atoms with Crippen LogP contribution in [0.2, 0.25) is 0 Å². The Labute approximate surface area is 195 Å². The third kappa shape index (κ3) is 16.6. The van der Waals surface area contributed by atoms with Gasteiger partial charge in [0.25, 0.3) is 0 Å². The average molecular weight is 471 g/mol. The molecule has 0 bridgehead atoms. The van der Waals surface area contributed by atoms with Crippen LogP contribution in [-0.4, -0.2) is 50.2 Å². The summed E-state index contributed by atoms with van der Waals surface area (Å²) >= 11 is 0. The van der Waals surface area contributed by atoms with Gasteiger partial charge in [0.05, 0.1) is 12.8 Å². The monoisotopic (exact) mass is 470 g/mol. The number of carbonyl (C=O) groups excluding carboxylic acids is 4. The first kappa shape index (κ1) is 30.3. The van der Waals surface area contributed by atoms with Gasteiger partial charge in [0, 0.05) is 24.2 Å². The van der Waals surface area contributed by atoms with Gasteiger partial charge in [0.15, 0.2) is 0 Å². The average Bonchev–Trinajstić information content (AvgIpc) is 2.70. The van der Waals surface area contributed by atoms with E-state index >= 15 is 0 Å². The minimum Gasteiger partial charge on any atom is -0.462 e. The zero-order chi connectivity index (χ0) is 25.4. The molecule has 0 aliphatic rings. The Morgan fingerprint density at radius 1 is 0.848 bits per heavy atom. The number of hydrogen-bond donors (Lipinski definition) is 2. The molecular formula is C23H38N2O8. The van der Waals surface area contributed by atoms with Crippen molar-refractivity contribution in [3.05, 3.63) is 24.3 Å². The van der Waals surface area contributed by atoms with Gasteiger partial charge in [0.1, 0.15) is 13.2 Å². The van der Waals surface area contributed by atoms with E-state index in [9.17, 15) is 19.2 Å². The van der Waals surface area contributed by atoms with Gasteiger partial charge in [-0.3, -0.25) is 9.59 Å². The highest BCUT2D eigenvalue weighted by Gasteiger charge is 2.22. The summed E-state index contributed by atoms with van der Waals surface area (Å²) in [5, 5.41) is 0. The second kappa shape index (κ2) is 16.0. The molecular weight excluding hydrogens is 432 g/mol. The predicted molar refractivity (Wildman–Crippen MR) is 121 cm³/mol. The van der Waals surface area contributed by atoms with Gasteiger partial charge >= 0.3 is 23.9 Å². The van der Waals surface area contributed by atoms with Crippen molar-refractivity contribution in [2.24, 2.45) is 11.3 Å². The van der Waals surface area contributed by atoms with Crippen LogP contribution in [0, 0.1) is 11.3 Å². The van der Waals surface area contributed by atoms with Gasteiger partial charge in [-0.25, -0.2) is 9.59 Å². The van der Waals surface area contributed by atoms with E-state index in [0.717, 1.165) is 12.8 Å². The number of hydrogen-bond acceptors (Lipinski definition) is 10. The van der Waals surface area contributed by atoms with E-state index in [1.807, 2.05) is 13.8 Å². The highest BCUT2D eigenvalue weighted by Crippen LogP contribution is 2.26. The molecule has 1 unspecified atom stereocenters. The Bertz CT molecular complexity index is 703. The summed E-state index contributed by atoms with van der Waals surface area (Å²) in [7, 11) is 0. The normalized spacial score (nSPS) is 11.8. The molecule has 10 nitrogen and oxygen atoms in total. The molecule has 0 heterocycles. The zero-order valence-corrected chi connectivity index (χ0v) is 20.4. The van der Waals surface area contributed by atoms with E-state index in [4.69, 9.17) is 19.1 Å². The summed E-state index contributed by atoms with van der Waals surface area (Å²) in [6.45, 7) is 16.9. The van der Waals surface area contributed by atoms with Gasteiger partial charge in [-0.05, 0) is 38.0 Å². The maximum Gasteiger partial charge on any atom is 0.333 e. The van der Waals surface area contributed by atoms with E-state index in [-0.39, 0.29) is 42.6 Å². The molecule has 10 heteroatoms. The van der Waals surface area contributed by atoms with E-state index in [1.54, 1.807) is 0 Å². The molecule has 0 aromatic heterocycles. The highest BCUT2D eigenvalue weighted by atomic mass is 16.7. The van der Waals surface area contributed by atoms with Crippen molar-refractivity contribution in [2.45, 2.75) is 60.3 Å². The van der Waals surface area contributed by atoms with Crippen LogP contribution >= 0.6 is 0 Å². The van der Waals surface area contributed by atoms with Crippen LogP contribution in [0.4, 0.5) is 0 Å². The second-order valence-electron chi connectivity index (χ2n) is 8.76. The maximum atomic E-state index is 11.7. The van der Waals surface area contributed by atoms with E-state index in [2.05, 4.69) is 31.0 Å². The van der Waals surface area contributed by atoms with Crippen molar-refractivity contribution in [1.82, 2.24) is 11.0 Å². The molecule has 2 N–H and O–H groups in total. The second-order valence-corrected chi connectivity index (χ2v) is 8.76. The Kier molecular flexibility index (Phi) is 14.7. The van der Waals surface area contributed by atoms with Crippen LogP contribution in [0.1, 0.15) is 60.3 Å². The fourth-order valence-corrected chi connectivity index (χ4v) is 2.67. The quantitative estimate of drug-likeness (QED) is 0.108. The minimum atomic E-state index is -0.542. The molecule has 0 saturated carbocycles. The molecule has 0 aromatic rings. The molecule has 0 aliphatic carbocycles. The van der Waals surface area contributed by atoms with Crippen LogP contribution in [-0.2, 0) is 38.3 Å². The molecule has 0 radical (unpaired) electrons. The lowest BCUT2D eigenvalue weighted by molar-refractivity contribution is -0.156. The standard InChI is InChI=1S/C23H38N2O8/c1-16(2)21(28)30-12-9-19(26)32-24-11-8-18(5)14-23(6,7)15-25-33-20(27)10-13-31-22(29)17(3)4/h18,24-25H,1,3,8-15H2,2,4-7H3. The largest absolute Gasteiger partial charge is 0.462 e. The summed E-state index contributed by atoms with van der Waals surface area (Å²) in [5.41, 5.74) is 5.68. The Hall–Kier alpha value is -2.72. The van der Waals surface area contributed by atoms with Crippen molar-refractivity contribution in [1.29, 1.82) is 0 Å². The van der Waals surface area contributed by atoms with Crippen molar-refractivity contribution in [2.75, 3.05) is 26.3 Å². The third-order valence-corrected chi connectivity index (χ3v) is 4.34. The fraction of sp³-hybridized carbons (Fsp3) is 0.652. The van der Waals surface area contributed by atoms with Gasteiger partial charge in [-0.15, -0.1) is 0 Å². The smallest absolute Gasteiger partial charge is 0.333 e. The van der Waals surface area contributed by atoms with Crippen LogP contribution < -0.4 is 11.0 Å². The van der Waals surface area contributed by atoms with Crippen molar-refractivity contribution in [3.8, 4) is 0 Å². The summed E-state index contributed by atoms with van der Waals surface area (Å²) in [6.07, 6.45) is 1.49. The van der Waals surface area contributed by atoms with Crippen LogP contribution in [0.25, 0.3) is 0 Å². The highest BCUT2D eigenvalue weighted by molar-refractivity contribution is 5.87. The number of nitrogens with one attached hydrogen (secondary N) is 2. The molecule has 0 aliphatic heterocycles. The molecule has 0 spiro atoms. The Morgan fingerprint density at radius 3 is 1.76 bits per heavy atom. The van der Waals surface area contributed by atoms with E-state index < -0.39 is 23.9 Å². The molecule has 0 fully saturated rings. The van der Waals surface area contributed by atoms with Gasteiger partial charge < -0.3 is 19.1 Å². The van der Waals surface area contributed by atoms with Crippen LogP contribution in [0.15, 0.2) is 24.3 Å². The van der Waals surface area contributed by atoms with Crippen molar-refractivity contribution < 1.29 is 38.3 Å². The maximum absolute atomic E-state index is 11.7. The molecule has 0 amide bonds.